The Kier molecular flexibility index (Phi) is 6.91. The van der Waals surface area contributed by atoms with Gasteiger partial charge < -0.3 is 29.5 Å². The van der Waals surface area contributed by atoms with Crippen molar-refractivity contribution in [1.29, 1.82) is 0 Å². The number of carboxylic acid groups (broad SMARTS) is 1. The number of rotatable bonds is 6. The molecule has 2 amide bonds. The molecule has 3 rings (SSSR count). The number of aliphatic hydroxyl groups excluding tert-OH is 1. The molecular formula is C19H19F4N4O6S-. The number of amides is 2. The third kappa shape index (κ3) is 4.45. The fourth-order valence-electron chi connectivity index (χ4n) is 3.86. The molecule has 0 bridgehead atoms. The van der Waals surface area contributed by atoms with E-state index in [1.165, 1.54) is 14.0 Å². The van der Waals surface area contributed by atoms with Gasteiger partial charge in [-0.05, 0) is 0 Å². The molecule has 0 aliphatic carbocycles. The molecule has 1 aromatic carbocycles. The van der Waals surface area contributed by atoms with Crippen molar-refractivity contribution in [2.24, 2.45) is 12.5 Å². The molecule has 3 atom stereocenters. The summed E-state index contributed by atoms with van der Waals surface area (Å²) in [5, 5.41) is 21.1. The molecule has 1 saturated heterocycles. The summed E-state index contributed by atoms with van der Waals surface area (Å²) in [7, 11) is 1.20. The minimum absolute atomic E-state index is 0.235. The van der Waals surface area contributed by atoms with E-state index >= 15 is 4.39 Å². The molecule has 0 saturated carbocycles. The molecule has 1 fully saturated rings. The highest BCUT2D eigenvalue weighted by atomic mass is 32.2. The third-order valence-electron chi connectivity index (χ3n) is 5.62. The Morgan fingerprint density at radius 3 is 2.35 bits per heavy atom. The van der Waals surface area contributed by atoms with Gasteiger partial charge in [0.15, 0.2) is 23.3 Å². The molecule has 2 aromatic rings. The van der Waals surface area contributed by atoms with Crippen LogP contribution in [0.15, 0.2) is 18.3 Å². The van der Waals surface area contributed by atoms with Crippen molar-refractivity contribution < 1.29 is 46.1 Å². The first-order valence-electron chi connectivity index (χ1n) is 9.58. The zero-order valence-electron chi connectivity index (χ0n) is 17.7. The number of aromatic nitrogens is 1. The second-order valence-corrected chi connectivity index (χ2v) is 8.86. The fraction of sp³-hybridized carbons (Fsp3) is 0.368. The lowest BCUT2D eigenvalue weighted by molar-refractivity contribution is 0.101. The summed E-state index contributed by atoms with van der Waals surface area (Å²) >= 11 is -3.16. The van der Waals surface area contributed by atoms with E-state index in [4.69, 9.17) is 0 Å². The van der Waals surface area contributed by atoms with Crippen LogP contribution in [0.2, 0.25) is 0 Å². The Morgan fingerprint density at radius 1 is 1.26 bits per heavy atom. The first kappa shape index (κ1) is 25.5. The van der Waals surface area contributed by atoms with Crippen LogP contribution >= 0.6 is 0 Å². The Morgan fingerprint density at radius 2 is 1.85 bits per heavy atom. The maximum atomic E-state index is 15.3. The quantitative estimate of drug-likeness (QED) is 0.310. The largest absolute Gasteiger partial charge is 0.755 e. The minimum atomic E-state index is -3.16. The number of benzene rings is 1. The Bertz CT molecular complexity index is 1150. The molecule has 0 radical (unpaired) electrons. The van der Waals surface area contributed by atoms with E-state index in [9.17, 15) is 41.7 Å². The molecule has 3 N–H and O–H groups in total. The summed E-state index contributed by atoms with van der Waals surface area (Å²) in [6.07, 6.45) is -0.418. The molecule has 10 nitrogen and oxygen atoms in total. The number of hydrogen-bond acceptors (Lipinski definition) is 5. The standard InChI is InChI=1S/C19H20F4N4O6S/c1-19(8-28)7-26(18(30)31)6-13(19)27(34(32)33)12-5-25(2)16(15(12)23)17(29)24-9-3-10(20)14(22)11(21)4-9/h3-5,13,28H,6-8H2,1-2H3,(H,24,29)(H,30,31)(H,32,33)/p-1. The predicted octanol–water partition coefficient (Wildman–Crippen LogP) is 1.80. The van der Waals surface area contributed by atoms with E-state index < -0.39 is 81.7 Å². The van der Waals surface area contributed by atoms with Gasteiger partial charge in [-0.25, -0.2) is 22.4 Å². The molecule has 186 valence electrons. The van der Waals surface area contributed by atoms with Gasteiger partial charge in [0.25, 0.3) is 5.91 Å². The molecule has 3 unspecified atom stereocenters. The lowest BCUT2D eigenvalue weighted by atomic mass is 9.86. The summed E-state index contributed by atoms with van der Waals surface area (Å²) in [4.78, 5) is 24.9. The van der Waals surface area contributed by atoms with Gasteiger partial charge in [0.2, 0.25) is 0 Å². The van der Waals surface area contributed by atoms with Crippen LogP contribution in [0.5, 0.6) is 0 Å². The lowest BCUT2D eigenvalue weighted by Gasteiger charge is -2.38. The lowest BCUT2D eigenvalue weighted by Crippen LogP contribution is -2.49. The number of anilines is 2. The number of carbonyl (C=O) groups excluding carboxylic acids is 1. The molecule has 34 heavy (non-hydrogen) atoms. The van der Waals surface area contributed by atoms with Crippen molar-refractivity contribution in [3.63, 3.8) is 0 Å². The number of nitrogens with one attached hydrogen (secondary N) is 1. The molecular weight excluding hydrogens is 488 g/mol. The third-order valence-corrected chi connectivity index (χ3v) is 6.39. The summed E-state index contributed by atoms with van der Waals surface area (Å²) in [6.45, 7) is 0.177. The highest BCUT2D eigenvalue weighted by molar-refractivity contribution is 7.80. The number of carbonyl (C=O) groups is 2. The summed E-state index contributed by atoms with van der Waals surface area (Å²) in [5.74, 6) is -7.51. The van der Waals surface area contributed by atoms with Crippen LogP contribution < -0.4 is 9.62 Å². The van der Waals surface area contributed by atoms with E-state index in [2.05, 4.69) is 0 Å². The summed E-state index contributed by atoms with van der Waals surface area (Å²) in [6, 6.07) is -0.272. The summed E-state index contributed by atoms with van der Waals surface area (Å²) in [5.41, 5.74) is -3.16. The van der Waals surface area contributed by atoms with Crippen LogP contribution in [0.3, 0.4) is 0 Å². The Hall–Kier alpha value is -3.17. The number of aliphatic hydroxyl groups is 1. The molecule has 0 spiro atoms. The van der Waals surface area contributed by atoms with Crippen LogP contribution in [0, 0.1) is 28.7 Å². The van der Waals surface area contributed by atoms with Crippen molar-refractivity contribution in [3.8, 4) is 0 Å². The van der Waals surface area contributed by atoms with Crippen molar-refractivity contribution in [1.82, 2.24) is 9.47 Å². The predicted molar refractivity (Wildman–Crippen MR) is 110 cm³/mol. The van der Waals surface area contributed by atoms with Gasteiger partial charge in [-0.1, -0.05) is 6.92 Å². The van der Waals surface area contributed by atoms with Crippen LogP contribution in [0.1, 0.15) is 17.4 Å². The zero-order valence-corrected chi connectivity index (χ0v) is 18.5. The topological polar surface area (TPSA) is 138 Å². The van der Waals surface area contributed by atoms with Gasteiger partial charge in [-0.3, -0.25) is 13.3 Å². The Balaban J connectivity index is 2.00. The van der Waals surface area contributed by atoms with Gasteiger partial charge in [0, 0.05) is 60.8 Å². The maximum Gasteiger partial charge on any atom is 0.407 e. The van der Waals surface area contributed by atoms with Crippen LogP contribution in [-0.2, 0) is 18.3 Å². The normalized spacial score (nSPS) is 20.9. The molecule has 1 aliphatic rings. The first-order valence-corrected chi connectivity index (χ1v) is 10.6. The van der Waals surface area contributed by atoms with E-state index in [0.717, 1.165) is 15.7 Å². The highest BCUT2D eigenvalue weighted by Gasteiger charge is 2.49. The van der Waals surface area contributed by atoms with Gasteiger partial charge in [0.1, 0.15) is 11.4 Å². The van der Waals surface area contributed by atoms with Crippen molar-refractivity contribution in [2.75, 3.05) is 29.3 Å². The number of hydrogen-bond donors (Lipinski definition) is 3. The SMILES string of the molecule is Cn1cc(N(C2CN(C(=O)O)CC2(C)CO)S(=O)[O-])c(F)c1C(=O)Nc1cc(F)c(F)c(F)c1. The number of likely N-dealkylation sites (tertiary alicyclic amines) is 1. The van der Waals surface area contributed by atoms with Crippen molar-refractivity contribution in [3.05, 3.63) is 47.3 Å². The number of nitrogens with zero attached hydrogens (tertiary/aromatic N) is 3. The van der Waals surface area contributed by atoms with Crippen LogP contribution in [0.25, 0.3) is 0 Å². The van der Waals surface area contributed by atoms with E-state index in [-0.39, 0.29) is 13.1 Å². The molecule has 2 heterocycles. The molecule has 1 aromatic heterocycles. The van der Waals surface area contributed by atoms with Gasteiger partial charge in [-0.2, -0.15) is 0 Å². The second kappa shape index (κ2) is 9.23. The molecule has 15 heteroatoms. The highest BCUT2D eigenvalue weighted by Crippen LogP contribution is 2.38. The van der Waals surface area contributed by atoms with E-state index in [1.54, 1.807) is 0 Å². The van der Waals surface area contributed by atoms with E-state index in [0.29, 0.717) is 16.4 Å². The van der Waals surface area contributed by atoms with Crippen molar-refractivity contribution in [2.45, 2.75) is 13.0 Å². The Labute approximate surface area is 192 Å². The van der Waals surface area contributed by atoms with Crippen LogP contribution in [-0.4, -0.2) is 66.2 Å². The zero-order chi connectivity index (χ0) is 25.5. The maximum absolute atomic E-state index is 15.3. The fourth-order valence-corrected chi connectivity index (χ4v) is 4.67. The van der Waals surface area contributed by atoms with E-state index in [1.807, 2.05) is 5.32 Å². The minimum Gasteiger partial charge on any atom is -0.755 e. The number of aryl methyl sites for hydroxylation is 1. The monoisotopic (exact) mass is 507 g/mol. The average Bonchev–Trinajstić information content (AvgIpc) is 3.23. The van der Waals surface area contributed by atoms with Gasteiger partial charge in [0.05, 0.1) is 12.6 Å². The second-order valence-electron chi connectivity index (χ2n) is 8.03. The first-order chi connectivity index (χ1) is 15.8. The average molecular weight is 507 g/mol. The smallest absolute Gasteiger partial charge is 0.407 e. The molecule has 1 aliphatic heterocycles. The summed E-state index contributed by atoms with van der Waals surface area (Å²) < 4.78 is 81.0. The number of halogens is 4. The van der Waals surface area contributed by atoms with Crippen LogP contribution in [0.4, 0.5) is 33.7 Å². The van der Waals surface area contributed by atoms with Gasteiger partial charge >= 0.3 is 6.09 Å². The van der Waals surface area contributed by atoms with Gasteiger partial charge in [-0.15, -0.1) is 0 Å². The van der Waals surface area contributed by atoms with Crippen molar-refractivity contribution >= 4 is 34.6 Å².